The summed E-state index contributed by atoms with van der Waals surface area (Å²) in [4.78, 5) is 18.8. The van der Waals surface area contributed by atoms with Gasteiger partial charge in [0.2, 0.25) is 0 Å². The Kier molecular flexibility index (Phi) is 5.51. The molecule has 1 heterocycles. The molecule has 0 saturated heterocycles. The molecule has 0 aliphatic heterocycles. The number of anilines is 1. The lowest BCUT2D eigenvalue weighted by Crippen LogP contribution is -2.03. The van der Waals surface area contributed by atoms with E-state index in [0.717, 1.165) is 23.6 Å². The van der Waals surface area contributed by atoms with Crippen LogP contribution in [0.4, 0.5) is 11.4 Å². The van der Waals surface area contributed by atoms with E-state index in [0.29, 0.717) is 11.4 Å². The molecule has 0 spiro atoms. The van der Waals surface area contributed by atoms with Crippen molar-refractivity contribution in [2.24, 2.45) is 0 Å². The Balaban J connectivity index is 2.10. The molecule has 110 valence electrons. The van der Waals surface area contributed by atoms with Crippen molar-refractivity contribution in [1.29, 1.82) is 0 Å². The topological polar surface area (TPSA) is 81.0 Å². The Labute approximate surface area is 127 Å². The molecule has 1 aromatic heterocycles. The molecular weight excluding hydrogens is 288 g/mol. The zero-order valence-electron chi connectivity index (χ0n) is 11.7. The van der Waals surface area contributed by atoms with Crippen LogP contribution in [0.5, 0.6) is 0 Å². The normalized spacial score (nSPS) is 10.3. The summed E-state index contributed by atoms with van der Waals surface area (Å²) < 4.78 is 0. The Morgan fingerprint density at radius 1 is 1.38 bits per heavy atom. The maximum atomic E-state index is 11.1. The SMILES string of the molecule is CCCNc1ccc(CSc2ccncn2)cc1[N+](=O)[O-]. The van der Waals surface area contributed by atoms with Crippen LogP contribution in [0.1, 0.15) is 18.9 Å². The van der Waals surface area contributed by atoms with Crippen LogP contribution in [0, 0.1) is 10.1 Å². The quantitative estimate of drug-likeness (QED) is 0.365. The summed E-state index contributed by atoms with van der Waals surface area (Å²) in [5, 5.41) is 15.1. The average Bonchev–Trinajstić information content (AvgIpc) is 2.52. The van der Waals surface area contributed by atoms with Gasteiger partial charge in [0.05, 0.1) is 9.95 Å². The van der Waals surface area contributed by atoms with Gasteiger partial charge in [-0.1, -0.05) is 13.0 Å². The van der Waals surface area contributed by atoms with Gasteiger partial charge in [-0.15, -0.1) is 11.8 Å². The number of nitrogens with one attached hydrogen (secondary N) is 1. The van der Waals surface area contributed by atoms with Crippen molar-refractivity contribution < 1.29 is 4.92 Å². The second-order valence-electron chi connectivity index (χ2n) is 4.37. The Morgan fingerprint density at radius 3 is 2.90 bits per heavy atom. The summed E-state index contributed by atoms with van der Waals surface area (Å²) in [6, 6.07) is 7.10. The molecule has 0 unspecified atom stereocenters. The zero-order valence-corrected chi connectivity index (χ0v) is 12.5. The number of nitro groups is 1. The molecule has 0 fully saturated rings. The Bertz CT molecular complexity index is 607. The number of hydrogen-bond donors (Lipinski definition) is 1. The van der Waals surface area contributed by atoms with Gasteiger partial charge in [-0.25, -0.2) is 9.97 Å². The number of benzene rings is 1. The molecular formula is C14H16N4O2S. The van der Waals surface area contributed by atoms with E-state index in [1.807, 2.05) is 19.1 Å². The average molecular weight is 304 g/mol. The van der Waals surface area contributed by atoms with Crippen LogP contribution in [0.15, 0.2) is 41.8 Å². The first-order chi connectivity index (χ1) is 10.2. The lowest BCUT2D eigenvalue weighted by molar-refractivity contribution is -0.384. The fourth-order valence-corrected chi connectivity index (χ4v) is 2.52. The summed E-state index contributed by atoms with van der Waals surface area (Å²) in [5.74, 6) is 0.631. The maximum Gasteiger partial charge on any atom is 0.292 e. The largest absolute Gasteiger partial charge is 0.380 e. The van der Waals surface area contributed by atoms with Crippen LogP contribution >= 0.6 is 11.8 Å². The molecule has 21 heavy (non-hydrogen) atoms. The van der Waals surface area contributed by atoms with Crippen molar-refractivity contribution in [3.63, 3.8) is 0 Å². The first-order valence-electron chi connectivity index (χ1n) is 6.60. The van der Waals surface area contributed by atoms with E-state index < -0.39 is 0 Å². The molecule has 0 aliphatic carbocycles. The van der Waals surface area contributed by atoms with Crippen LogP contribution in [0.25, 0.3) is 0 Å². The van der Waals surface area contributed by atoms with Gasteiger partial charge in [0.1, 0.15) is 12.0 Å². The molecule has 1 aromatic carbocycles. The van der Waals surface area contributed by atoms with E-state index in [2.05, 4.69) is 15.3 Å². The minimum absolute atomic E-state index is 0.115. The first-order valence-corrected chi connectivity index (χ1v) is 7.59. The summed E-state index contributed by atoms with van der Waals surface area (Å²) in [7, 11) is 0. The van der Waals surface area contributed by atoms with Gasteiger partial charge in [-0.2, -0.15) is 0 Å². The van der Waals surface area contributed by atoms with E-state index in [9.17, 15) is 10.1 Å². The van der Waals surface area contributed by atoms with Crippen molar-refractivity contribution in [3.05, 3.63) is 52.5 Å². The number of rotatable bonds is 7. The Hall–Kier alpha value is -2.15. The molecule has 0 bridgehead atoms. The van der Waals surface area contributed by atoms with E-state index in [1.165, 1.54) is 18.1 Å². The molecule has 0 atom stereocenters. The van der Waals surface area contributed by atoms with Crippen LogP contribution in [-0.4, -0.2) is 21.4 Å². The van der Waals surface area contributed by atoms with Crippen LogP contribution in [0.3, 0.4) is 0 Å². The molecule has 0 saturated carbocycles. The highest BCUT2D eigenvalue weighted by molar-refractivity contribution is 7.98. The fraction of sp³-hybridized carbons (Fsp3) is 0.286. The van der Waals surface area contributed by atoms with E-state index in [1.54, 1.807) is 18.3 Å². The summed E-state index contributed by atoms with van der Waals surface area (Å²) >= 11 is 1.52. The smallest absolute Gasteiger partial charge is 0.292 e. The molecule has 1 N–H and O–H groups in total. The van der Waals surface area contributed by atoms with Gasteiger partial charge in [0, 0.05) is 24.6 Å². The third-order valence-corrected chi connectivity index (χ3v) is 3.78. The van der Waals surface area contributed by atoms with Crippen molar-refractivity contribution >= 4 is 23.1 Å². The third-order valence-electron chi connectivity index (χ3n) is 2.77. The molecule has 0 radical (unpaired) electrons. The molecule has 2 aromatic rings. The Morgan fingerprint density at radius 2 is 2.24 bits per heavy atom. The number of nitro benzene ring substituents is 1. The summed E-state index contributed by atoms with van der Waals surface area (Å²) in [5.41, 5.74) is 1.58. The fourth-order valence-electron chi connectivity index (χ4n) is 1.75. The van der Waals surface area contributed by atoms with Crippen molar-refractivity contribution in [2.45, 2.75) is 24.1 Å². The van der Waals surface area contributed by atoms with E-state index in [4.69, 9.17) is 0 Å². The van der Waals surface area contributed by atoms with Gasteiger partial charge in [0.25, 0.3) is 5.69 Å². The molecule has 0 aliphatic rings. The van der Waals surface area contributed by atoms with Gasteiger partial charge in [-0.3, -0.25) is 10.1 Å². The van der Waals surface area contributed by atoms with Crippen molar-refractivity contribution in [2.75, 3.05) is 11.9 Å². The predicted octanol–water partition coefficient (Wildman–Crippen LogP) is 3.50. The second-order valence-corrected chi connectivity index (χ2v) is 5.37. The monoisotopic (exact) mass is 304 g/mol. The minimum atomic E-state index is -0.350. The summed E-state index contributed by atoms with van der Waals surface area (Å²) in [6.45, 7) is 2.74. The zero-order chi connectivity index (χ0) is 15.1. The maximum absolute atomic E-state index is 11.1. The van der Waals surface area contributed by atoms with E-state index in [-0.39, 0.29) is 10.6 Å². The lowest BCUT2D eigenvalue weighted by atomic mass is 10.2. The summed E-state index contributed by atoms with van der Waals surface area (Å²) in [6.07, 6.45) is 4.08. The van der Waals surface area contributed by atoms with Crippen LogP contribution in [0.2, 0.25) is 0 Å². The standard InChI is InChI=1S/C14H16N4O2S/c1-2-6-16-12-4-3-11(8-13(12)18(19)20)9-21-14-5-7-15-10-17-14/h3-5,7-8,10,16H,2,6,9H2,1H3. The molecule has 6 nitrogen and oxygen atoms in total. The van der Waals surface area contributed by atoms with Gasteiger partial charge < -0.3 is 5.32 Å². The highest BCUT2D eigenvalue weighted by Gasteiger charge is 2.14. The van der Waals surface area contributed by atoms with Crippen molar-refractivity contribution in [1.82, 2.24) is 9.97 Å². The van der Waals surface area contributed by atoms with Gasteiger partial charge in [0.15, 0.2) is 0 Å². The predicted molar refractivity (Wildman–Crippen MR) is 83.5 cm³/mol. The number of thioether (sulfide) groups is 1. The number of hydrogen-bond acceptors (Lipinski definition) is 6. The van der Waals surface area contributed by atoms with Crippen molar-refractivity contribution in [3.8, 4) is 0 Å². The molecule has 7 heteroatoms. The second kappa shape index (κ2) is 7.58. The number of nitrogens with zero attached hydrogens (tertiary/aromatic N) is 3. The number of aromatic nitrogens is 2. The highest BCUT2D eigenvalue weighted by atomic mass is 32.2. The highest BCUT2D eigenvalue weighted by Crippen LogP contribution is 2.28. The lowest BCUT2D eigenvalue weighted by Gasteiger charge is -2.07. The van der Waals surface area contributed by atoms with Gasteiger partial charge >= 0.3 is 0 Å². The van der Waals surface area contributed by atoms with Gasteiger partial charge in [-0.05, 0) is 24.1 Å². The third kappa shape index (κ3) is 4.42. The molecule has 0 amide bonds. The van der Waals surface area contributed by atoms with Crippen LogP contribution in [-0.2, 0) is 5.75 Å². The van der Waals surface area contributed by atoms with E-state index >= 15 is 0 Å². The first kappa shape index (κ1) is 15.2. The minimum Gasteiger partial charge on any atom is -0.380 e. The van der Waals surface area contributed by atoms with Crippen LogP contribution < -0.4 is 5.32 Å². The molecule has 2 rings (SSSR count).